The number of nitrogens with one attached hydrogen (secondary N) is 2. The van der Waals surface area contributed by atoms with Gasteiger partial charge < -0.3 is 10.3 Å². The van der Waals surface area contributed by atoms with E-state index in [2.05, 4.69) is 15.3 Å². The van der Waals surface area contributed by atoms with Crippen molar-refractivity contribution in [2.45, 2.75) is 0 Å². The third-order valence-electron chi connectivity index (χ3n) is 2.34. The van der Waals surface area contributed by atoms with Gasteiger partial charge in [0.2, 0.25) is 5.82 Å². The molecule has 0 fully saturated rings. The quantitative estimate of drug-likeness (QED) is 0.506. The Hall–Kier alpha value is -2.74. The first-order chi connectivity index (χ1) is 9.49. The van der Waals surface area contributed by atoms with Crippen molar-refractivity contribution < 1.29 is 9.72 Å². The summed E-state index contributed by atoms with van der Waals surface area (Å²) in [6.45, 7) is 0. The molecule has 0 aliphatic heterocycles. The van der Waals surface area contributed by atoms with E-state index >= 15 is 0 Å². The van der Waals surface area contributed by atoms with E-state index in [0.717, 1.165) is 12.1 Å². The van der Waals surface area contributed by atoms with Crippen molar-refractivity contribution in [3.63, 3.8) is 0 Å². The van der Waals surface area contributed by atoms with Crippen molar-refractivity contribution >= 4 is 29.0 Å². The van der Waals surface area contributed by atoms with Crippen molar-refractivity contribution in [2.75, 3.05) is 5.32 Å². The maximum Gasteiger partial charge on any atom is 0.311 e. The van der Waals surface area contributed by atoms with E-state index in [0.29, 0.717) is 0 Å². The first kappa shape index (κ1) is 13.7. The predicted molar refractivity (Wildman–Crippen MR) is 70.9 cm³/mol. The molecule has 0 aliphatic carbocycles. The molecule has 0 saturated carbocycles. The highest BCUT2D eigenvalue weighted by molar-refractivity contribution is 6.29. The van der Waals surface area contributed by atoms with Crippen molar-refractivity contribution in [1.29, 1.82) is 0 Å². The summed E-state index contributed by atoms with van der Waals surface area (Å²) < 4.78 is 0. The van der Waals surface area contributed by atoms with Crippen molar-refractivity contribution in [2.24, 2.45) is 0 Å². The van der Waals surface area contributed by atoms with Gasteiger partial charge in [-0.15, -0.1) is 0 Å². The average molecular weight is 295 g/mol. The van der Waals surface area contributed by atoms with Crippen LogP contribution in [-0.4, -0.2) is 20.8 Å². The number of H-pyrrole nitrogens is 1. The lowest BCUT2D eigenvalue weighted by atomic mass is 10.2. The molecule has 0 atom stereocenters. The second-order valence-corrected chi connectivity index (χ2v) is 4.02. The third-order valence-corrected chi connectivity index (χ3v) is 2.55. The van der Waals surface area contributed by atoms with Crippen molar-refractivity contribution in [3.05, 3.63) is 61.6 Å². The normalized spacial score (nSPS) is 10.1. The van der Waals surface area contributed by atoms with Gasteiger partial charge in [0.05, 0.1) is 4.92 Å². The number of aromatic amines is 1. The monoisotopic (exact) mass is 294 g/mol. The largest absolute Gasteiger partial charge is 0.367 e. The molecule has 0 saturated heterocycles. The second-order valence-electron chi connectivity index (χ2n) is 3.64. The van der Waals surface area contributed by atoms with E-state index in [1.54, 1.807) is 0 Å². The molecule has 0 aliphatic rings. The number of carbonyl (C=O) groups excluding carboxylic acids is 1. The first-order valence-electron chi connectivity index (χ1n) is 5.28. The molecule has 102 valence electrons. The average Bonchev–Trinajstić information content (AvgIpc) is 2.38. The molecule has 8 nitrogen and oxygen atoms in total. The number of anilines is 1. The van der Waals surface area contributed by atoms with Crippen molar-refractivity contribution in [1.82, 2.24) is 9.97 Å². The van der Waals surface area contributed by atoms with Gasteiger partial charge in [0.25, 0.3) is 5.91 Å². The Bertz CT molecular complexity index is 743. The Kier molecular flexibility index (Phi) is 3.76. The number of carbonyl (C=O) groups is 1. The van der Waals surface area contributed by atoms with Crippen LogP contribution in [0.5, 0.6) is 0 Å². The van der Waals surface area contributed by atoms with E-state index in [1.807, 2.05) is 0 Å². The zero-order valence-corrected chi connectivity index (χ0v) is 10.5. The Morgan fingerprint density at radius 3 is 2.80 bits per heavy atom. The van der Waals surface area contributed by atoms with E-state index in [9.17, 15) is 19.7 Å². The SMILES string of the molecule is O=C(Nc1nc(Cl)ccc1[N+](=O)[O-])c1c[nH]ccc1=O. The molecule has 20 heavy (non-hydrogen) atoms. The van der Waals surface area contributed by atoms with Gasteiger partial charge in [-0.2, -0.15) is 0 Å². The minimum atomic E-state index is -0.815. The molecule has 0 spiro atoms. The standard InChI is InChI=1S/C11H7ClN4O4/c12-9-2-1-7(16(19)20)10(14-9)15-11(18)6-5-13-4-3-8(6)17/h1-5H,(H,13,17)(H,14,15,18). The van der Waals surface area contributed by atoms with Gasteiger partial charge in [0, 0.05) is 24.5 Å². The molecule has 2 aromatic rings. The third kappa shape index (κ3) is 2.81. The van der Waals surface area contributed by atoms with Crippen LogP contribution in [0.3, 0.4) is 0 Å². The molecule has 0 bridgehead atoms. The molecule has 2 aromatic heterocycles. The Morgan fingerprint density at radius 1 is 1.40 bits per heavy atom. The Balaban J connectivity index is 2.38. The summed E-state index contributed by atoms with van der Waals surface area (Å²) in [4.78, 5) is 39.7. The number of pyridine rings is 2. The van der Waals surface area contributed by atoms with E-state index in [-0.39, 0.29) is 16.5 Å². The number of hydrogen-bond acceptors (Lipinski definition) is 5. The second kappa shape index (κ2) is 5.49. The predicted octanol–water partition coefficient (Wildman–Crippen LogP) is 1.58. The number of nitro groups is 1. The fraction of sp³-hybridized carbons (Fsp3) is 0. The van der Waals surface area contributed by atoms with Crippen LogP contribution in [-0.2, 0) is 0 Å². The molecule has 1 amide bonds. The number of hydrogen-bond donors (Lipinski definition) is 2. The Labute approximate surface area is 116 Å². The molecule has 2 heterocycles. The van der Waals surface area contributed by atoms with Gasteiger partial charge in [-0.1, -0.05) is 11.6 Å². The zero-order valence-electron chi connectivity index (χ0n) is 9.79. The first-order valence-corrected chi connectivity index (χ1v) is 5.66. The zero-order chi connectivity index (χ0) is 14.7. The van der Waals surface area contributed by atoms with E-state index in [4.69, 9.17) is 11.6 Å². The van der Waals surface area contributed by atoms with Gasteiger partial charge in [-0.05, 0) is 6.07 Å². The number of halogens is 1. The molecule has 0 unspecified atom stereocenters. The summed E-state index contributed by atoms with van der Waals surface area (Å²) in [5, 5.41) is 13.0. The maximum atomic E-state index is 11.9. The van der Waals surface area contributed by atoms with Gasteiger partial charge >= 0.3 is 5.69 Å². The van der Waals surface area contributed by atoms with Gasteiger partial charge in [-0.3, -0.25) is 19.7 Å². The number of aromatic nitrogens is 2. The van der Waals surface area contributed by atoms with Crippen LogP contribution in [0.15, 0.2) is 35.4 Å². The maximum absolute atomic E-state index is 11.9. The van der Waals surface area contributed by atoms with Crippen LogP contribution in [0.1, 0.15) is 10.4 Å². The smallest absolute Gasteiger partial charge is 0.311 e. The lowest BCUT2D eigenvalue weighted by molar-refractivity contribution is -0.384. The summed E-state index contributed by atoms with van der Waals surface area (Å²) in [5.74, 6) is -1.14. The topological polar surface area (TPSA) is 118 Å². The fourth-order valence-electron chi connectivity index (χ4n) is 1.44. The van der Waals surface area contributed by atoms with Crippen LogP contribution in [0.25, 0.3) is 0 Å². The molecule has 0 radical (unpaired) electrons. The molecular formula is C11H7ClN4O4. The molecule has 0 aromatic carbocycles. The number of nitrogens with zero attached hydrogens (tertiary/aromatic N) is 2. The Morgan fingerprint density at radius 2 is 2.15 bits per heavy atom. The van der Waals surface area contributed by atoms with Crippen molar-refractivity contribution in [3.8, 4) is 0 Å². The molecule has 2 N–H and O–H groups in total. The van der Waals surface area contributed by atoms with Crippen LogP contribution in [0, 0.1) is 10.1 Å². The summed E-state index contributed by atoms with van der Waals surface area (Å²) >= 11 is 5.63. The minimum Gasteiger partial charge on any atom is -0.367 e. The van der Waals surface area contributed by atoms with Crippen LogP contribution in [0.2, 0.25) is 5.15 Å². The minimum absolute atomic E-state index is 0.0205. The van der Waals surface area contributed by atoms with Crippen LogP contribution in [0.4, 0.5) is 11.5 Å². The summed E-state index contributed by atoms with van der Waals surface area (Å²) in [7, 11) is 0. The highest BCUT2D eigenvalue weighted by atomic mass is 35.5. The fourth-order valence-corrected chi connectivity index (χ4v) is 1.58. The van der Waals surface area contributed by atoms with Gasteiger partial charge in [0.15, 0.2) is 5.43 Å². The number of rotatable bonds is 3. The van der Waals surface area contributed by atoms with E-state index < -0.39 is 21.9 Å². The summed E-state index contributed by atoms with van der Waals surface area (Å²) in [6.07, 6.45) is 2.55. The lowest BCUT2D eigenvalue weighted by Crippen LogP contribution is -2.21. The number of amides is 1. The molecular weight excluding hydrogens is 288 g/mol. The lowest BCUT2D eigenvalue weighted by Gasteiger charge is -2.04. The molecule has 9 heteroatoms. The van der Waals surface area contributed by atoms with Gasteiger partial charge in [0.1, 0.15) is 10.7 Å². The van der Waals surface area contributed by atoms with Gasteiger partial charge in [-0.25, -0.2) is 4.98 Å². The highest BCUT2D eigenvalue weighted by Crippen LogP contribution is 2.24. The molecule has 2 rings (SSSR count). The summed E-state index contributed by atoms with van der Waals surface area (Å²) in [6, 6.07) is 3.50. The highest BCUT2D eigenvalue weighted by Gasteiger charge is 2.19. The summed E-state index contributed by atoms with van der Waals surface area (Å²) in [5.41, 5.74) is -1.13. The van der Waals surface area contributed by atoms with E-state index in [1.165, 1.54) is 18.5 Å². The van der Waals surface area contributed by atoms with Crippen LogP contribution >= 0.6 is 11.6 Å². The van der Waals surface area contributed by atoms with Crippen LogP contribution < -0.4 is 10.7 Å².